The van der Waals surface area contributed by atoms with Crippen LogP contribution in [0.4, 0.5) is 0 Å². The molecule has 0 fully saturated rings. The van der Waals surface area contributed by atoms with Crippen LogP contribution in [0.3, 0.4) is 0 Å². The molecule has 0 spiro atoms. The zero-order valence-corrected chi connectivity index (χ0v) is 10.9. The third kappa shape index (κ3) is 4.31. The quantitative estimate of drug-likeness (QED) is 0.722. The molecule has 15 heavy (non-hydrogen) atoms. The van der Waals surface area contributed by atoms with Gasteiger partial charge in [0.2, 0.25) is 0 Å². The lowest BCUT2D eigenvalue weighted by Crippen LogP contribution is -2.14. The van der Waals surface area contributed by atoms with E-state index < -0.39 is 0 Å². The summed E-state index contributed by atoms with van der Waals surface area (Å²) in [6.45, 7) is 8.66. The maximum absolute atomic E-state index is 4.58. The number of rotatable bonds is 7. The largest absolute Gasteiger partial charge is 0.312 e. The molecule has 1 rings (SSSR count). The molecule has 0 aliphatic heterocycles. The molecule has 0 unspecified atom stereocenters. The van der Waals surface area contributed by atoms with E-state index in [1.165, 1.54) is 34.8 Å². The van der Waals surface area contributed by atoms with Crippen LogP contribution in [-0.4, -0.2) is 11.5 Å². The van der Waals surface area contributed by atoms with Crippen molar-refractivity contribution in [2.24, 2.45) is 0 Å². The van der Waals surface area contributed by atoms with Crippen LogP contribution in [-0.2, 0) is 13.0 Å². The molecule has 0 atom stereocenters. The summed E-state index contributed by atoms with van der Waals surface area (Å²) in [6, 6.07) is 0. The van der Waals surface area contributed by atoms with Crippen molar-refractivity contribution in [3.05, 3.63) is 15.6 Å². The Morgan fingerprint density at radius 1 is 1.27 bits per heavy atom. The molecular weight excluding hydrogens is 204 g/mol. The van der Waals surface area contributed by atoms with Crippen LogP contribution in [0.5, 0.6) is 0 Å². The van der Waals surface area contributed by atoms with Crippen LogP contribution in [0.25, 0.3) is 0 Å². The molecule has 1 aromatic heterocycles. The summed E-state index contributed by atoms with van der Waals surface area (Å²) in [6.07, 6.45) is 4.83. The van der Waals surface area contributed by atoms with E-state index in [-0.39, 0.29) is 0 Å². The summed E-state index contributed by atoms with van der Waals surface area (Å²) in [7, 11) is 0. The van der Waals surface area contributed by atoms with Crippen LogP contribution in [0, 0.1) is 6.92 Å². The molecular formula is C12H22N2S. The lowest BCUT2D eigenvalue weighted by atomic mass is 10.2. The maximum Gasteiger partial charge on any atom is 0.0900 e. The Kier molecular flexibility index (Phi) is 5.88. The number of thiazole rings is 1. The number of aromatic nitrogens is 1. The van der Waals surface area contributed by atoms with Crippen molar-refractivity contribution in [2.45, 2.75) is 53.0 Å². The van der Waals surface area contributed by atoms with Gasteiger partial charge >= 0.3 is 0 Å². The first-order chi connectivity index (χ1) is 7.27. The smallest absolute Gasteiger partial charge is 0.0900 e. The number of unbranched alkanes of at least 4 members (excludes halogenated alkanes) is 1. The Morgan fingerprint density at radius 3 is 2.73 bits per heavy atom. The average molecular weight is 226 g/mol. The third-order valence-electron chi connectivity index (χ3n) is 2.36. The van der Waals surface area contributed by atoms with E-state index in [0.717, 1.165) is 19.5 Å². The average Bonchev–Trinajstić information content (AvgIpc) is 2.55. The van der Waals surface area contributed by atoms with Gasteiger partial charge in [-0.25, -0.2) is 4.98 Å². The van der Waals surface area contributed by atoms with Gasteiger partial charge < -0.3 is 5.32 Å². The second kappa shape index (κ2) is 6.96. The lowest BCUT2D eigenvalue weighted by Gasteiger charge is -2.03. The molecule has 0 aliphatic rings. The molecule has 0 saturated heterocycles. The van der Waals surface area contributed by atoms with Crippen LogP contribution >= 0.6 is 11.3 Å². The lowest BCUT2D eigenvalue weighted by molar-refractivity contribution is 0.641. The second-order valence-electron chi connectivity index (χ2n) is 3.88. The fourth-order valence-electron chi connectivity index (χ4n) is 1.59. The number of aryl methyl sites for hydroxylation is 2. The second-order valence-corrected chi connectivity index (χ2v) is 5.17. The van der Waals surface area contributed by atoms with Crippen LogP contribution in [0.1, 0.15) is 48.7 Å². The Morgan fingerprint density at radius 2 is 2.07 bits per heavy atom. The molecule has 0 bridgehead atoms. The summed E-state index contributed by atoms with van der Waals surface area (Å²) in [5.41, 5.74) is 1.31. The predicted octanol–water partition coefficient (Wildman–Crippen LogP) is 3.29. The van der Waals surface area contributed by atoms with Gasteiger partial charge in [-0.05, 0) is 26.3 Å². The van der Waals surface area contributed by atoms with Gasteiger partial charge in [-0.2, -0.15) is 0 Å². The van der Waals surface area contributed by atoms with E-state index in [1.54, 1.807) is 0 Å². The van der Waals surface area contributed by atoms with Gasteiger partial charge in [-0.1, -0.05) is 26.7 Å². The molecule has 0 amide bonds. The normalized spacial score (nSPS) is 10.9. The minimum Gasteiger partial charge on any atom is -0.312 e. The molecule has 0 radical (unpaired) electrons. The van der Waals surface area contributed by atoms with Crippen molar-refractivity contribution in [3.8, 4) is 0 Å². The molecule has 1 aromatic rings. The summed E-state index contributed by atoms with van der Waals surface area (Å²) >= 11 is 1.84. The van der Waals surface area contributed by atoms with E-state index in [2.05, 4.69) is 31.1 Å². The first-order valence-electron chi connectivity index (χ1n) is 5.93. The summed E-state index contributed by atoms with van der Waals surface area (Å²) in [5, 5.41) is 4.68. The molecule has 0 aromatic carbocycles. The van der Waals surface area contributed by atoms with Crippen molar-refractivity contribution in [3.63, 3.8) is 0 Å². The van der Waals surface area contributed by atoms with Gasteiger partial charge in [0.05, 0.1) is 10.7 Å². The number of hydrogen-bond donors (Lipinski definition) is 1. The minimum atomic E-state index is 1.00. The summed E-state index contributed by atoms with van der Waals surface area (Å²) in [4.78, 5) is 6.01. The van der Waals surface area contributed by atoms with E-state index in [9.17, 15) is 0 Å². The highest BCUT2D eigenvalue weighted by Crippen LogP contribution is 2.19. The fourth-order valence-corrected chi connectivity index (χ4v) is 2.54. The number of nitrogens with one attached hydrogen (secondary N) is 1. The summed E-state index contributed by atoms with van der Waals surface area (Å²) < 4.78 is 0. The van der Waals surface area contributed by atoms with Crippen molar-refractivity contribution < 1.29 is 0 Å². The van der Waals surface area contributed by atoms with E-state index >= 15 is 0 Å². The molecule has 86 valence electrons. The third-order valence-corrected chi connectivity index (χ3v) is 3.38. The Bertz CT molecular complexity index is 281. The van der Waals surface area contributed by atoms with Gasteiger partial charge in [-0.15, -0.1) is 11.3 Å². The molecule has 3 heteroatoms. The van der Waals surface area contributed by atoms with Crippen LogP contribution in [0.2, 0.25) is 0 Å². The van der Waals surface area contributed by atoms with Crippen LogP contribution in [0.15, 0.2) is 0 Å². The number of nitrogens with zero attached hydrogens (tertiary/aromatic N) is 1. The Hall–Kier alpha value is -0.410. The van der Waals surface area contributed by atoms with Gasteiger partial charge in [0.15, 0.2) is 0 Å². The predicted molar refractivity (Wildman–Crippen MR) is 67.5 cm³/mol. The number of hydrogen-bond acceptors (Lipinski definition) is 3. The molecule has 2 nitrogen and oxygen atoms in total. The van der Waals surface area contributed by atoms with Gasteiger partial charge in [0.1, 0.15) is 0 Å². The van der Waals surface area contributed by atoms with Crippen molar-refractivity contribution in [1.29, 1.82) is 0 Å². The summed E-state index contributed by atoms with van der Waals surface area (Å²) in [5.74, 6) is 0. The van der Waals surface area contributed by atoms with Gasteiger partial charge in [0, 0.05) is 11.4 Å². The Balaban J connectivity index is 2.44. The van der Waals surface area contributed by atoms with Gasteiger partial charge in [0.25, 0.3) is 0 Å². The fraction of sp³-hybridized carbons (Fsp3) is 0.750. The molecule has 0 saturated carbocycles. The minimum absolute atomic E-state index is 1.00. The maximum atomic E-state index is 4.58. The van der Waals surface area contributed by atoms with Crippen LogP contribution < -0.4 is 5.32 Å². The van der Waals surface area contributed by atoms with Gasteiger partial charge in [-0.3, -0.25) is 0 Å². The standard InChI is InChI=1S/C12H22N2S/c1-4-6-8-13-9-12-11(7-5-2)14-10(3)15-12/h13H,4-9H2,1-3H3. The van der Waals surface area contributed by atoms with E-state index in [4.69, 9.17) is 0 Å². The Labute approximate surface area is 97.1 Å². The monoisotopic (exact) mass is 226 g/mol. The zero-order valence-electron chi connectivity index (χ0n) is 10.1. The molecule has 0 aliphatic carbocycles. The van der Waals surface area contributed by atoms with E-state index in [1.807, 2.05) is 11.3 Å². The highest BCUT2D eigenvalue weighted by Gasteiger charge is 2.07. The van der Waals surface area contributed by atoms with Crippen molar-refractivity contribution >= 4 is 11.3 Å². The first-order valence-corrected chi connectivity index (χ1v) is 6.75. The molecule has 1 N–H and O–H groups in total. The first kappa shape index (κ1) is 12.7. The topological polar surface area (TPSA) is 24.9 Å². The molecule has 1 heterocycles. The SMILES string of the molecule is CCCCNCc1sc(C)nc1CCC. The van der Waals surface area contributed by atoms with Crippen molar-refractivity contribution in [2.75, 3.05) is 6.54 Å². The highest BCUT2D eigenvalue weighted by molar-refractivity contribution is 7.11. The van der Waals surface area contributed by atoms with E-state index in [0.29, 0.717) is 0 Å². The zero-order chi connectivity index (χ0) is 11.1. The highest BCUT2D eigenvalue weighted by atomic mass is 32.1. The van der Waals surface area contributed by atoms with Crippen molar-refractivity contribution in [1.82, 2.24) is 10.3 Å².